The SMILES string of the molecule is Cc1cccc(NC(=O)c2cc(Br)cc(N)c2C)c1C. The van der Waals surface area contributed by atoms with Gasteiger partial charge in [-0.05, 0) is 55.7 Å². The zero-order chi connectivity index (χ0) is 14.9. The van der Waals surface area contributed by atoms with Crippen LogP contribution in [0.25, 0.3) is 0 Å². The van der Waals surface area contributed by atoms with Gasteiger partial charge in [-0.15, -0.1) is 0 Å². The van der Waals surface area contributed by atoms with Gasteiger partial charge in [0, 0.05) is 21.4 Å². The monoisotopic (exact) mass is 332 g/mol. The Morgan fingerprint density at radius 3 is 2.55 bits per heavy atom. The highest BCUT2D eigenvalue weighted by molar-refractivity contribution is 9.10. The van der Waals surface area contributed by atoms with Gasteiger partial charge >= 0.3 is 0 Å². The number of carbonyl (C=O) groups is 1. The number of benzene rings is 2. The Labute approximate surface area is 127 Å². The molecule has 2 aromatic carbocycles. The van der Waals surface area contributed by atoms with E-state index in [1.54, 1.807) is 12.1 Å². The fourth-order valence-corrected chi connectivity index (χ4v) is 2.49. The summed E-state index contributed by atoms with van der Waals surface area (Å²) in [5, 5.41) is 2.95. The van der Waals surface area contributed by atoms with Gasteiger partial charge in [-0.1, -0.05) is 28.1 Å². The maximum Gasteiger partial charge on any atom is 0.256 e. The van der Waals surface area contributed by atoms with Gasteiger partial charge in [-0.2, -0.15) is 0 Å². The standard InChI is InChI=1S/C16H17BrN2O/c1-9-5-4-6-15(10(9)2)19-16(20)13-7-12(17)8-14(18)11(13)3/h4-8H,18H2,1-3H3,(H,19,20). The van der Waals surface area contributed by atoms with Crippen LogP contribution in [0.1, 0.15) is 27.0 Å². The van der Waals surface area contributed by atoms with Crippen molar-refractivity contribution in [2.75, 3.05) is 11.1 Å². The average Bonchev–Trinajstić information content (AvgIpc) is 2.39. The number of nitrogen functional groups attached to an aromatic ring is 1. The number of anilines is 2. The van der Waals surface area contributed by atoms with Crippen LogP contribution in [0.15, 0.2) is 34.8 Å². The number of amides is 1. The van der Waals surface area contributed by atoms with Crippen molar-refractivity contribution in [3.05, 3.63) is 57.1 Å². The normalized spacial score (nSPS) is 10.4. The Kier molecular flexibility index (Phi) is 4.14. The second kappa shape index (κ2) is 5.67. The molecule has 0 saturated heterocycles. The molecule has 104 valence electrons. The minimum absolute atomic E-state index is 0.149. The molecule has 20 heavy (non-hydrogen) atoms. The number of aryl methyl sites for hydroxylation is 1. The quantitative estimate of drug-likeness (QED) is 0.809. The molecule has 2 aromatic rings. The van der Waals surface area contributed by atoms with Gasteiger partial charge in [-0.3, -0.25) is 4.79 Å². The molecular formula is C16H17BrN2O. The summed E-state index contributed by atoms with van der Waals surface area (Å²) < 4.78 is 0.798. The van der Waals surface area contributed by atoms with Crippen molar-refractivity contribution in [1.29, 1.82) is 0 Å². The van der Waals surface area contributed by atoms with E-state index in [0.29, 0.717) is 11.3 Å². The zero-order valence-corrected chi connectivity index (χ0v) is 13.3. The van der Waals surface area contributed by atoms with Crippen LogP contribution in [0.3, 0.4) is 0 Å². The molecule has 0 aliphatic rings. The molecule has 0 radical (unpaired) electrons. The topological polar surface area (TPSA) is 55.1 Å². The minimum Gasteiger partial charge on any atom is -0.398 e. The van der Waals surface area contributed by atoms with E-state index < -0.39 is 0 Å². The molecule has 4 heteroatoms. The number of hydrogen-bond donors (Lipinski definition) is 2. The number of nitrogens with two attached hydrogens (primary N) is 1. The van der Waals surface area contributed by atoms with Gasteiger partial charge in [0.2, 0.25) is 0 Å². The molecular weight excluding hydrogens is 316 g/mol. The Morgan fingerprint density at radius 1 is 1.15 bits per heavy atom. The van der Waals surface area contributed by atoms with Gasteiger partial charge < -0.3 is 11.1 Å². The van der Waals surface area contributed by atoms with Crippen molar-refractivity contribution >= 4 is 33.2 Å². The molecule has 0 fully saturated rings. The lowest BCUT2D eigenvalue weighted by Crippen LogP contribution is -2.15. The fourth-order valence-electron chi connectivity index (χ4n) is 2.01. The van der Waals surface area contributed by atoms with Crippen molar-refractivity contribution in [3.63, 3.8) is 0 Å². The van der Waals surface area contributed by atoms with Crippen LogP contribution < -0.4 is 11.1 Å². The second-order valence-corrected chi connectivity index (χ2v) is 5.78. The number of hydrogen-bond acceptors (Lipinski definition) is 2. The summed E-state index contributed by atoms with van der Waals surface area (Å²) in [6.45, 7) is 5.86. The highest BCUT2D eigenvalue weighted by atomic mass is 79.9. The predicted molar refractivity (Wildman–Crippen MR) is 87.2 cm³/mol. The summed E-state index contributed by atoms with van der Waals surface area (Å²) in [4.78, 5) is 12.4. The van der Waals surface area contributed by atoms with Gasteiger partial charge in [0.15, 0.2) is 0 Å². The van der Waals surface area contributed by atoms with E-state index in [1.807, 2.05) is 39.0 Å². The van der Waals surface area contributed by atoms with Crippen molar-refractivity contribution in [3.8, 4) is 0 Å². The highest BCUT2D eigenvalue weighted by Gasteiger charge is 2.13. The Bertz CT molecular complexity index is 680. The molecule has 0 aromatic heterocycles. The molecule has 3 N–H and O–H groups in total. The molecule has 1 amide bonds. The third-order valence-electron chi connectivity index (χ3n) is 3.51. The van der Waals surface area contributed by atoms with E-state index in [9.17, 15) is 4.79 Å². The first-order valence-electron chi connectivity index (χ1n) is 6.33. The Hall–Kier alpha value is -1.81. The molecule has 0 aliphatic heterocycles. The van der Waals surface area contributed by atoms with Crippen molar-refractivity contribution in [2.24, 2.45) is 0 Å². The smallest absolute Gasteiger partial charge is 0.256 e. The summed E-state index contributed by atoms with van der Waals surface area (Å²) in [5.74, 6) is -0.149. The third kappa shape index (κ3) is 2.85. The van der Waals surface area contributed by atoms with E-state index in [4.69, 9.17) is 5.73 Å². The summed E-state index contributed by atoms with van der Waals surface area (Å²) >= 11 is 3.37. The van der Waals surface area contributed by atoms with Crippen LogP contribution >= 0.6 is 15.9 Å². The van der Waals surface area contributed by atoms with Gasteiger partial charge in [-0.25, -0.2) is 0 Å². The number of halogens is 1. The van der Waals surface area contributed by atoms with Crippen LogP contribution in [0, 0.1) is 20.8 Å². The molecule has 0 atom stereocenters. The van der Waals surface area contributed by atoms with E-state index in [2.05, 4.69) is 21.2 Å². The van der Waals surface area contributed by atoms with Crippen molar-refractivity contribution < 1.29 is 4.79 Å². The Balaban J connectivity index is 2.36. The summed E-state index contributed by atoms with van der Waals surface area (Å²) in [7, 11) is 0. The van der Waals surface area contributed by atoms with E-state index in [1.165, 1.54) is 0 Å². The minimum atomic E-state index is -0.149. The summed E-state index contributed by atoms with van der Waals surface area (Å²) in [6.07, 6.45) is 0. The predicted octanol–water partition coefficient (Wildman–Crippen LogP) is 4.21. The van der Waals surface area contributed by atoms with Crippen molar-refractivity contribution in [2.45, 2.75) is 20.8 Å². The van der Waals surface area contributed by atoms with E-state index in [0.717, 1.165) is 26.9 Å². The molecule has 2 rings (SSSR count). The Morgan fingerprint density at radius 2 is 1.85 bits per heavy atom. The summed E-state index contributed by atoms with van der Waals surface area (Å²) in [5.41, 5.74) is 10.9. The van der Waals surface area contributed by atoms with Crippen LogP contribution in [0.4, 0.5) is 11.4 Å². The lowest BCUT2D eigenvalue weighted by atomic mass is 10.0. The first kappa shape index (κ1) is 14.6. The molecule has 3 nitrogen and oxygen atoms in total. The average molecular weight is 333 g/mol. The molecule has 0 bridgehead atoms. The lowest BCUT2D eigenvalue weighted by Gasteiger charge is -2.13. The van der Waals surface area contributed by atoms with Crippen molar-refractivity contribution in [1.82, 2.24) is 0 Å². The number of rotatable bonds is 2. The third-order valence-corrected chi connectivity index (χ3v) is 3.97. The van der Waals surface area contributed by atoms with Crippen LogP contribution in [-0.2, 0) is 0 Å². The molecule has 0 unspecified atom stereocenters. The first-order valence-corrected chi connectivity index (χ1v) is 7.12. The van der Waals surface area contributed by atoms with Crippen LogP contribution in [0.5, 0.6) is 0 Å². The van der Waals surface area contributed by atoms with E-state index >= 15 is 0 Å². The van der Waals surface area contributed by atoms with Gasteiger partial charge in [0.05, 0.1) is 0 Å². The number of carbonyl (C=O) groups excluding carboxylic acids is 1. The van der Waals surface area contributed by atoms with Crippen LogP contribution in [-0.4, -0.2) is 5.91 Å². The molecule has 0 aliphatic carbocycles. The summed E-state index contributed by atoms with van der Waals surface area (Å²) in [6, 6.07) is 9.43. The van der Waals surface area contributed by atoms with Gasteiger partial charge in [0.25, 0.3) is 5.91 Å². The largest absolute Gasteiger partial charge is 0.398 e. The van der Waals surface area contributed by atoms with Crippen LogP contribution in [0.2, 0.25) is 0 Å². The van der Waals surface area contributed by atoms with E-state index in [-0.39, 0.29) is 5.91 Å². The zero-order valence-electron chi connectivity index (χ0n) is 11.8. The number of nitrogens with one attached hydrogen (secondary N) is 1. The highest BCUT2D eigenvalue weighted by Crippen LogP contribution is 2.25. The maximum atomic E-state index is 12.4. The molecule has 0 heterocycles. The maximum absolute atomic E-state index is 12.4. The lowest BCUT2D eigenvalue weighted by molar-refractivity contribution is 0.102. The fraction of sp³-hybridized carbons (Fsp3) is 0.188. The first-order chi connectivity index (χ1) is 9.40. The van der Waals surface area contributed by atoms with Gasteiger partial charge in [0.1, 0.15) is 0 Å². The molecule has 0 saturated carbocycles. The second-order valence-electron chi connectivity index (χ2n) is 4.87. The molecule has 0 spiro atoms.